The van der Waals surface area contributed by atoms with E-state index in [0.29, 0.717) is 10.6 Å². The molecule has 1 aromatic carbocycles. The lowest BCUT2D eigenvalue weighted by molar-refractivity contribution is -0.144. The Hall–Kier alpha value is -2.74. The molecule has 1 aliphatic rings. The number of hydrogen-bond acceptors (Lipinski definition) is 6. The predicted octanol–water partition coefficient (Wildman–Crippen LogP) is 2.09. The number of carbonyl (C=O) groups is 3. The second-order valence-electron chi connectivity index (χ2n) is 5.47. The van der Waals surface area contributed by atoms with Gasteiger partial charge in [0.25, 0.3) is 5.89 Å². The molecule has 1 fully saturated rings. The molecule has 124 valence electrons. The molecule has 0 atom stereocenters. The van der Waals surface area contributed by atoms with Gasteiger partial charge in [0, 0.05) is 16.6 Å². The van der Waals surface area contributed by atoms with Crippen molar-refractivity contribution in [1.29, 1.82) is 0 Å². The van der Waals surface area contributed by atoms with Gasteiger partial charge in [0.05, 0.1) is 6.54 Å². The molecule has 1 aromatic heterocycles. The maximum absolute atomic E-state index is 12.2. The molecule has 1 aliphatic heterocycles. The van der Waals surface area contributed by atoms with Crippen molar-refractivity contribution >= 4 is 29.4 Å². The van der Waals surface area contributed by atoms with E-state index >= 15 is 0 Å². The second-order valence-corrected chi connectivity index (χ2v) is 5.90. The quantitative estimate of drug-likeness (QED) is 0.620. The van der Waals surface area contributed by atoms with Crippen LogP contribution in [-0.4, -0.2) is 43.8 Å². The first-order valence-electron chi connectivity index (χ1n) is 7.16. The summed E-state index contributed by atoms with van der Waals surface area (Å²) in [7, 11) is 0. The Morgan fingerprint density at radius 2 is 1.79 bits per heavy atom. The van der Waals surface area contributed by atoms with Gasteiger partial charge in [0.1, 0.15) is 0 Å². The van der Waals surface area contributed by atoms with Crippen LogP contribution in [0, 0.1) is 0 Å². The Balaban J connectivity index is 1.80. The van der Waals surface area contributed by atoms with Gasteiger partial charge in [0.15, 0.2) is 5.82 Å². The number of imide groups is 2. The van der Waals surface area contributed by atoms with Gasteiger partial charge < -0.3 is 4.52 Å². The van der Waals surface area contributed by atoms with Crippen molar-refractivity contribution in [3.63, 3.8) is 0 Å². The SMILES string of the molecule is CC(C)N1C(=O)C(=O)N(Cc2noc(-c3ccc(Cl)cc3)n2)C1=O. The lowest BCUT2D eigenvalue weighted by atomic mass is 10.2. The van der Waals surface area contributed by atoms with E-state index in [-0.39, 0.29) is 18.3 Å². The lowest BCUT2D eigenvalue weighted by Gasteiger charge is -2.17. The lowest BCUT2D eigenvalue weighted by Crippen LogP contribution is -2.38. The van der Waals surface area contributed by atoms with E-state index in [1.807, 2.05) is 0 Å². The number of amides is 4. The Labute approximate surface area is 142 Å². The largest absolute Gasteiger partial charge is 0.334 e. The molecule has 3 rings (SSSR count). The van der Waals surface area contributed by atoms with E-state index in [9.17, 15) is 14.4 Å². The highest BCUT2D eigenvalue weighted by Gasteiger charge is 2.46. The summed E-state index contributed by atoms with van der Waals surface area (Å²) < 4.78 is 5.12. The Morgan fingerprint density at radius 3 is 2.38 bits per heavy atom. The zero-order valence-corrected chi connectivity index (χ0v) is 13.6. The van der Waals surface area contributed by atoms with Gasteiger partial charge in [-0.15, -0.1) is 0 Å². The Kier molecular flexibility index (Phi) is 4.06. The van der Waals surface area contributed by atoms with Crippen molar-refractivity contribution in [3.8, 4) is 11.5 Å². The fourth-order valence-corrected chi connectivity index (χ4v) is 2.41. The molecule has 24 heavy (non-hydrogen) atoms. The summed E-state index contributed by atoms with van der Waals surface area (Å²) in [4.78, 5) is 41.9. The molecule has 0 bridgehead atoms. The minimum absolute atomic E-state index is 0.125. The fraction of sp³-hybridized carbons (Fsp3) is 0.267. The molecular formula is C15H13ClN4O4. The number of aromatic nitrogens is 2. The van der Waals surface area contributed by atoms with E-state index in [1.165, 1.54) is 0 Å². The van der Waals surface area contributed by atoms with Crippen LogP contribution >= 0.6 is 11.6 Å². The molecule has 0 unspecified atom stereocenters. The van der Waals surface area contributed by atoms with Crippen molar-refractivity contribution in [3.05, 3.63) is 35.1 Å². The highest BCUT2D eigenvalue weighted by molar-refractivity contribution is 6.44. The second kappa shape index (κ2) is 6.04. The minimum Gasteiger partial charge on any atom is -0.334 e. The fourth-order valence-electron chi connectivity index (χ4n) is 2.29. The average Bonchev–Trinajstić information content (AvgIpc) is 3.08. The van der Waals surface area contributed by atoms with E-state index in [4.69, 9.17) is 16.1 Å². The van der Waals surface area contributed by atoms with Crippen LogP contribution in [0.4, 0.5) is 4.79 Å². The van der Waals surface area contributed by atoms with Crippen LogP contribution in [0.15, 0.2) is 28.8 Å². The normalized spacial score (nSPS) is 15.1. The molecule has 2 heterocycles. The summed E-state index contributed by atoms with van der Waals surface area (Å²) >= 11 is 5.82. The van der Waals surface area contributed by atoms with Crippen molar-refractivity contribution in [1.82, 2.24) is 19.9 Å². The molecule has 8 nitrogen and oxygen atoms in total. The van der Waals surface area contributed by atoms with Crippen LogP contribution in [0.3, 0.4) is 0 Å². The highest BCUT2D eigenvalue weighted by atomic mass is 35.5. The molecular weight excluding hydrogens is 336 g/mol. The average molecular weight is 349 g/mol. The van der Waals surface area contributed by atoms with E-state index in [1.54, 1.807) is 38.1 Å². The third kappa shape index (κ3) is 2.76. The number of halogens is 1. The summed E-state index contributed by atoms with van der Waals surface area (Å²) in [5.41, 5.74) is 0.650. The zero-order chi connectivity index (χ0) is 17.4. The maximum Gasteiger partial charge on any atom is 0.334 e. The summed E-state index contributed by atoms with van der Waals surface area (Å²) in [6.07, 6.45) is 0. The summed E-state index contributed by atoms with van der Waals surface area (Å²) in [5, 5.41) is 4.32. The van der Waals surface area contributed by atoms with Gasteiger partial charge in [-0.1, -0.05) is 16.8 Å². The molecule has 0 aliphatic carbocycles. The van der Waals surface area contributed by atoms with Gasteiger partial charge >= 0.3 is 17.8 Å². The van der Waals surface area contributed by atoms with Crippen molar-refractivity contribution in [2.75, 3.05) is 0 Å². The molecule has 1 saturated heterocycles. The predicted molar refractivity (Wildman–Crippen MR) is 82.7 cm³/mol. The monoisotopic (exact) mass is 348 g/mol. The molecule has 0 saturated carbocycles. The third-order valence-corrected chi connectivity index (χ3v) is 3.71. The number of nitrogens with zero attached hydrogens (tertiary/aromatic N) is 4. The van der Waals surface area contributed by atoms with Crippen molar-refractivity contribution in [2.24, 2.45) is 0 Å². The summed E-state index contributed by atoms with van der Waals surface area (Å²) in [6, 6.07) is 5.67. The van der Waals surface area contributed by atoms with Gasteiger partial charge in [0.2, 0.25) is 0 Å². The Bertz CT molecular complexity index is 815. The molecule has 9 heteroatoms. The molecule has 4 amide bonds. The standard InChI is InChI=1S/C15H13ClN4O4/c1-8(2)20-14(22)13(21)19(15(20)23)7-11-17-12(24-18-11)9-3-5-10(16)6-4-9/h3-6,8H,7H2,1-2H3. The number of hydrogen-bond donors (Lipinski definition) is 0. The highest BCUT2D eigenvalue weighted by Crippen LogP contribution is 2.21. The van der Waals surface area contributed by atoms with Gasteiger partial charge in [-0.25, -0.2) is 9.69 Å². The van der Waals surface area contributed by atoms with Crippen molar-refractivity contribution < 1.29 is 18.9 Å². The molecule has 2 aromatic rings. The van der Waals surface area contributed by atoms with E-state index < -0.39 is 23.9 Å². The Morgan fingerprint density at radius 1 is 1.12 bits per heavy atom. The van der Waals surface area contributed by atoms with Crippen LogP contribution in [-0.2, 0) is 16.1 Å². The molecule has 0 spiro atoms. The van der Waals surface area contributed by atoms with Crippen LogP contribution < -0.4 is 0 Å². The number of rotatable bonds is 4. The van der Waals surface area contributed by atoms with Gasteiger partial charge in [-0.3, -0.25) is 14.5 Å². The topological polar surface area (TPSA) is 96.6 Å². The van der Waals surface area contributed by atoms with Crippen LogP contribution in [0.1, 0.15) is 19.7 Å². The van der Waals surface area contributed by atoms with Gasteiger partial charge in [-0.05, 0) is 38.1 Å². The summed E-state index contributed by atoms with van der Waals surface area (Å²) in [6.45, 7) is 3.07. The third-order valence-electron chi connectivity index (χ3n) is 3.46. The van der Waals surface area contributed by atoms with Gasteiger partial charge in [-0.2, -0.15) is 4.98 Å². The van der Waals surface area contributed by atoms with E-state index in [0.717, 1.165) is 9.80 Å². The first-order valence-corrected chi connectivity index (χ1v) is 7.54. The minimum atomic E-state index is -0.897. The van der Waals surface area contributed by atoms with Crippen LogP contribution in [0.25, 0.3) is 11.5 Å². The first kappa shape index (κ1) is 16.1. The van der Waals surface area contributed by atoms with E-state index in [2.05, 4.69) is 10.1 Å². The number of carbonyl (C=O) groups excluding carboxylic acids is 3. The van der Waals surface area contributed by atoms with Crippen LogP contribution in [0.2, 0.25) is 5.02 Å². The van der Waals surface area contributed by atoms with Crippen LogP contribution in [0.5, 0.6) is 0 Å². The molecule has 0 radical (unpaired) electrons. The maximum atomic E-state index is 12.2. The van der Waals surface area contributed by atoms with Crippen molar-refractivity contribution in [2.45, 2.75) is 26.4 Å². The molecule has 0 N–H and O–H groups in total. The number of benzene rings is 1. The zero-order valence-electron chi connectivity index (χ0n) is 12.9. The smallest absolute Gasteiger partial charge is 0.334 e. The summed E-state index contributed by atoms with van der Waals surface area (Å²) in [5.74, 6) is -1.39. The first-order chi connectivity index (χ1) is 11.4. The number of urea groups is 1.